The molecule has 4 aromatic rings. The van der Waals surface area contributed by atoms with E-state index in [9.17, 15) is 4.79 Å². The van der Waals surface area contributed by atoms with Gasteiger partial charge in [-0.1, -0.05) is 42.5 Å². The van der Waals surface area contributed by atoms with E-state index in [1.165, 1.54) is 11.3 Å². The number of ether oxygens (including phenoxy) is 1. The molecule has 130 valence electrons. The molecule has 0 saturated carbocycles. The predicted octanol–water partition coefficient (Wildman–Crippen LogP) is 4.00. The van der Waals surface area contributed by atoms with Gasteiger partial charge in [-0.05, 0) is 17.7 Å². The number of carbonyl (C=O) groups is 1. The standard InChI is InChI=1S/C20H17N3O2S/c1-25-16-9-5-6-14(10-16)11-21-19(24)18-13-26-20-22-17(12-23(18)20)15-7-3-2-4-8-15/h2-10,12-13H,11H2,1H3,(H,21,24). The summed E-state index contributed by atoms with van der Waals surface area (Å²) in [5.41, 5.74) is 3.47. The second-order valence-corrected chi connectivity index (χ2v) is 6.64. The number of amides is 1. The van der Waals surface area contributed by atoms with Gasteiger partial charge in [0, 0.05) is 23.7 Å². The van der Waals surface area contributed by atoms with Crippen LogP contribution in [0.15, 0.2) is 66.2 Å². The summed E-state index contributed by atoms with van der Waals surface area (Å²) < 4.78 is 7.05. The van der Waals surface area contributed by atoms with E-state index in [2.05, 4.69) is 10.3 Å². The Morgan fingerprint density at radius 3 is 2.85 bits per heavy atom. The molecule has 0 unspecified atom stereocenters. The molecule has 0 bridgehead atoms. The molecule has 0 spiro atoms. The monoisotopic (exact) mass is 363 g/mol. The van der Waals surface area contributed by atoms with Gasteiger partial charge in [0.1, 0.15) is 11.4 Å². The molecule has 2 heterocycles. The van der Waals surface area contributed by atoms with Crippen molar-refractivity contribution in [2.24, 2.45) is 0 Å². The van der Waals surface area contributed by atoms with Gasteiger partial charge < -0.3 is 10.1 Å². The second-order valence-electron chi connectivity index (χ2n) is 5.80. The van der Waals surface area contributed by atoms with Crippen LogP contribution in [0.5, 0.6) is 5.75 Å². The highest BCUT2D eigenvalue weighted by Crippen LogP contribution is 2.23. The molecule has 0 atom stereocenters. The summed E-state index contributed by atoms with van der Waals surface area (Å²) in [5, 5.41) is 4.79. The highest BCUT2D eigenvalue weighted by Gasteiger charge is 2.15. The van der Waals surface area contributed by atoms with E-state index >= 15 is 0 Å². The highest BCUT2D eigenvalue weighted by molar-refractivity contribution is 7.15. The summed E-state index contributed by atoms with van der Waals surface area (Å²) in [5.74, 6) is 0.646. The summed E-state index contributed by atoms with van der Waals surface area (Å²) in [6.45, 7) is 0.438. The van der Waals surface area contributed by atoms with Crippen LogP contribution in [0.3, 0.4) is 0 Å². The van der Waals surface area contributed by atoms with E-state index in [-0.39, 0.29) is 5.91 Å². The first-order valence-corrected chi connectivity index (χ1v) is 9.06. The topological polar surface area (TPSA) is 55.6 Å². The van der Waals surface area contributed by atoms with Crippen LogP contribution in [0.25, 0.3) is 16.2 Å². The van der Waals surface area contributed by atoms with Gasteiger partial charge in [0.15, 0.2) is 4.96 Å². The Kier molecular flexibility index (Phi) is 4.41. The van der Waals surface area contributed by atoms with Crippen LogP contribution in [0, 0.1) is 0 Å². The fourth-order valence-corrected chi connectivity index (χ4v) is 3.60. The van der Waals surface area contributed by atoms with Gasteiger partial charge in [-0.2, -0.15) is 0 Å². The number of benzene rings is 2. The molecule has 0 fully saturated rings. The zero-order chi connectivity index (χ0) is 17.9. The predicted molar refractivity (Wildman–Crippen MR) is 103 cm³/mol. The van der Waals surface area contributed by atoms with E-state index in [1.54, 1.807) is 7.11 Å². The van der Waals surface area contributed by atoms with E-state index < -0.39 is 0 Å². The first-order chi connectivity index (χ1) is 12.7. The largest absolute Gasteiger partial charge is 0.497 e. The van der Waals surface area contributed by atoms with Crippen LogP contribution >= 0.6 is 11.3 Å². The minimum atomic E-state index is -0.129. The van der Waals surface area contributed by atoms with Crippen molar-refractivity contribution in [1.82, 2.24) is 14.7 Å². The number of nitrogens with zero attached hydrogens (tertiary/aromatic N) is 2. The third kappa shape index (κ3) is 3.19. The number of hydrogen-bond acceptors (Lipinski definition) is 4. The Bertz CT molecular complexity index is 1050. The molecule has 0 radical (unpaired) electrons. The van der Waals surface area contributed by atoms with Gasteiger partial charge in [0.2, 0.25) is 0 Å². The Balaban J connectivity index is 1.54. The molecular formula is C20H17N3O2S. The number of imidazole rings is 1. The Hall–Kier alpha value is -3.12. The number of methoxy groups -OCH3 is 1. The van der Waals surface area contributed by atoms with Crippen molar-refractivity contribution < 1.29 is 9.53 Å². The number of carbonyl (C=O) groups excluding carboxylic acids is 1. The first-order valence-electron chi connectivity index (χ1n) is 8.18. The van der Waals surface area contributed by atoms with Crippen LogP contribution in [0.4, 0.5) is 0 Å². The summed E-state index contributed by atoms with van der Waals surface area (Å²) in [6.07, 6.45) is 1.90. The van der Waals surface area contributed by atoms with E-state index in [0.29, 0.717) is 12.2 Å². The molecule has 0 aliphatic heterocycles. The van der Waals surface area contributed by atoms with Gasteiger partial charge in [-0.25, -0.2) is 4.98 Å². The Morgan fingerprint density at radius 2 is 2.04 bits per heavy atom. The molecule has 2 aromatic carbocycles. The Morgan fingerprint density at radius 1 is 1.19 bits per heavy atom. The van der Waals surface area contributed by atoms with Crippen LogP contribution in [0.1, 0.15) is 16.1 Å². The maximum absolute atomic E-state index is 12.6. The quantitative estimate of drug-likeness (QED) is 0.583. The number of rotatable bonds is 5. The molecule has 4 rings (SSSR count). The van der Waals surface area contributed by atoms with Crippen LogP contribution < -0.4 is 10.1 Å². The number of thiazole rings is 1. The van der Waals surface area contributed by atoms with E-state index in [4.69, 9.17) is 4.74 Å². The van der Waals surface area contributed by atoms with E-state index in [0.717, 1.165) is 27.5 Å². The SMILES string of the molecule is COc1cccc(CNC(=O)c2csc3nc(-c4ccccc4)cn23)c1. The molecule has 2 aromatic heterocycles. The lowest BCUT2D eigenvalue weighted by atomic mass is 10.2. The van der Waals surface area contributed by atoms with E-state index in [1.807, 2.05) is 70.6 Å². The zero-order valence-corrected chi connectivity index (χ0v) is 15.0. The van der Waals surface area contributed by atoms with Crippen LogP contribution in [0.2, 0.25) is 0 Å². The molecule has 0 aliphatic rings. The van der Waals surface area contributed by atoms with Crippen molar-refractivity contribution in [2.75, 3.05) is 7.11 Å². The fourth-order valence-electron chi connectivity index (χ4n) is 2.75. The molecule has 1 amide bonds. The van der Waals surface area contributed by atoms with Crippen LogP contribution in [-0.4, -0.2) is 22.4 Å². The molecule has 0 saturated heterocycles. The lowest BCUT2D eigenvalue weighted by molar-refractivity contribution is 0.0945. The number of fused-ring (bicyclic) bond motifs is 1. The lowest BCUT2D eigenvalue weighted by Crippen LogP contribution is -2.23. The summed E-state index contributed by atoms with van der Waals surface area (Å²) in [6, 6.07) is 17.6. The molecule has 6 heteroatoms. The molecule has 1 N–H and O–H groups in total. The highest BCUT2D eigenvalue weighted by atomic mass is 32.1. The maximum Gasteiger partial charge on any atom is 0.269 e. The van der Waals surface area contributed by atoms with Crippen molar-refractivity contribution >= 4 is 22.2 Å². The van der Waals surface area contributed by atoms with Crippen molar-refractivity contribution in [3.05, 3.63) is 77.4 Å². The molecule has 0 aliphatic carbocycles. The van der Waals surface area contributed by atoms with Crippen molar-refractivity contribution in [3.63, 3.8) is 0 Å². The second kappa shape index (κ2) is 7.01. The normalized spacial score (nSPS) is 10.8. The summed E-state index contributed by atoms with van der Waals surface area (Å²) in [4.78, 5) is 18.0. The van der Waals surface area contributed by atoms with Crippen molar-refractivity contribution in [3.8, 4) is 17.0 Å². The van der Waals surface area contributed by atoms with Crippen molar-refractivity contribution in [1.29, 1.82) is 0 Å². The minimum Gasteiger partial charge on any atom is -0.497 e. The number of nitrogens with one attached hydrogen (secondary N) is 1. The smallest absolute Gasteiger partial charge is 0.269 e. The summed E-state index contributed by atoms with van der Waals surface area (Å²) in [7, 11) is 1.63. The molecular weight excluding hydrogens is 346 g/mol. The van der Waals surface area contributed by atoms with Gasteiger partial charge in [0.05, 0.1) is 12.8 Å². The summed E-state index contributed by atoms with van der Waals surface area (Å²) >= 11 is 1.46. The van der Waals surface area contributed by atoms with Gasteiger partial charge in [-0.15, -0.1) is 11.3 Å². The molecule has 5 nitrogen and oxygen atoms in total. The van der Waals surface area contributed by atoms with Crippen LogP contribution in [-0.2, 0) is 6.54 Å². The zero-order valence-electron chi connectivity index (χ0n) is 14.2. The van der Waals surface area contributed by atoms with Gasteiger partial charge >= 0.3 is 0 Å². The minimum absolute atomic E-state index is 0.129. The number of aromatic nitrogens is 2. The van der Waals surface area contributed by atoms with Crippen molar-refractivity contribution in [2.45, 2.75) is 6.54 Å². The number of hydrogen-bond donors (Lipinski definition) is 1. The lowest BCUT2D eigenvalue weighted by Gasteiger charge is -2.06. The van der Waals surface area contributed by atoms with Gasteiger partial charge in [0.25, 0.3) is 5.91 Å². The third-order valence-electron chi connectivity index (χ3n) is 4.10. The average Bonchev–Trinajstić information content (AvgIpc) is 3.28. The average molecular weight is 363 g/mol. The Labute approximate surface area is 154 Å². The third-order valence-corrected chi connectivity index (χ3v) is 4.94. The fraction of sp³-hybridized carbons (Fsp3) is 0.100. The van der Waals surface area contributed by atoms with Gasteiger partial charge in [-0.3, -0.25) is 9.20 Å². The molecule has 26 heavy (non-hydrogen) atoms. The maximum atomic E-state index is 12.6. The first kappa shape index (κ1) is 16.4.